The molecule has 28 heavy (non-hydrogen) atoms. The lowest BCUT2D eigenvalue weighted by Gasteiger charge is -2.21. The van der Waals surface area contributed by atoms with Crippen molar-refractivity contribution in [1.82, 2.24) is 14.3 Å². The van der Waals surface area contributed by atoms with Gasteiger partial charge >= 0.3 is 0 Å². The van der Waals surface area contributed by atoms with E-state index < -0.39 is 0 Å². The molecule has 0 atom stereocenters. The summed E-state index contributed by atoms with van der Waals surface area (Å²) in [5.74, 6) is 0.0874. The predicted octanol–water partition coefficient (Wildman–Crippen LogP) is 4.59. The summed E-state index contributed by atoms with van der Waals surface area (Å²) in [6, 6.07) is 24.3. The van der Waals surface area contributed by atoms with E-state index in [2.05, 4.69) is 18.2 Å². The molecule has 0 fully saturated rings. The fourth-order valence-electron chi connectivity index (χ4n) is 3.44. The second-order valence-corrected chi connectivity index (χ2v) is 6.82. The first-order chi connectivity index (χ1) is 13.7. The third kappa shape index (κ3) is 3.81. The van der Waals surface area contributed by atoms with Crippen LogP contribution in [0.1, 0.15) is 18.2 Å². The molecule has 140 valence electrons. The molecule has 4 nitrogen and oxygen atoms in total. The number of benzene rings is 2. The number of carbonyl (C=O) groups excluding carboxylic acids is 1. The Hall–Kier alpha value is -3.40. The van der Waals surface area contributed by atoms with E-state index in [1.165, 1.54) is 0 Å². The number of hydrogen-bond acceptors (Lipinski definition) is 2. The predicted molar refractivity (Wildman–Crippen MR) is 112 cm³/mol. The van der Waals surface area contributed by atoms with Gasteiger partial charge in [-0.25, -0.2) is 4.98 Å². The number of hydrogen-bond donors (Lipinski definition) is 0. The lowest BCUT2D eigenvalue weighted by Crippen LogP contribution is -2.31. The highest BCUT2D eigenvalue weighted by Gasteiger charge is 2.16. The molecule has 0 saturated carbocycles. The van der Waals surface area contributed by atoms with Crippen molar-refractivity contribution in [3.05, 3.63) is 96.4 Å². The highest BCUT2D eigenvalue weighted by atomic mass is 16.2. The number of likely N-dealkylation sites (N-methyl/N-ethyl adjacent to an activating group) is 1. The topological polar surface area (TPSA) is 37.6 Å². The Bertz CT molecular complexity index is 1070. The SMILES string of the molecule is CCN(Cc1ccccc1)C(=O)Cc1cn2cccc2c(-c2ccccc2)n1. The van der Waals surface area contributed by atoms with Gasteiger partial charge in [-0.3, -0.25) is 4.79 Å². The maximum atomic E-state index is 12.9. The third-order valence-corrected chi connectivity index (χ3v) is 4.90. The average Bonchev–Trinajstić information content (AvgIpc) is 3.21. The van der Waals surface area contributed by atoms with Crippen molar-refractivity contribution in [2.75, 3.05) is 6.54 Å². The highest BCUT2D eigenvalue weighted by Crippen LogP contribution is 2.23. The molecule has 0 bridgehead atoms. The highest BCUT2D eigenvalue weighted by molar-refractivity contribution is 5.80. The van der Waals surface area contributed by atoms with Gasteiger partial charge in [-0.15, -0.1) is 0 Å². The minimum atomic E-state index is 0.0874. The second-order valence-electron chi connectivity index (χ2n) is 6.82. The summed E-state index contributed by atoms with van der Waals surface area (Å²) in [5, 5.41) is 0. The molecule has 2 aromatic carbocycles. The summed E-state index contributed by atoms with van der Waals surface area (Å²) in [7, 11) is 0. The van der Waals surface area contributed by atoms with E-state index in [4.69, 9.17) is 4.98 Å². The van der Waals surface area contributed by atoms with E-state index in [0.717, 1.165) is 28.0 Å². The quantitative estimate of drug-likeness (QED) is 0.498. The molecule has 4 heteroatoms. The molecule has 0 radical (unpaired) electrons. The van der Waals surface area contributed by atoms with Gasteiger partial charge in [-0.05, 0) is 24.6 Å². The van der Waals surface area contributed by atoms with E-state index in [1.54, 1.807) is 0 Å². The zero-order valence-electron chi connectivity index (χ0n) is 16.0. The van der Waals surface area contributed by atoms with E-state index in [9.17, 15) is 4.79 Å². The number of fused-ring (bicyclic) bond motifs is 1. The number of aromatic nitrogens is 2. The lowest BCUT2D eigenvalue weighted by atomic mass is 10.1. The molecule has 0 spiro atoms. The van der Waals surface area contributed by atoms with Crippen molar-refractivity contribution < 1.29 is 4.79 Å². The minimum Gasteiger partial charge on any atom is -0.338 e. The molecular weight excluding hydrogens is 346 g/mol. The van der Waals surface area contributed by atoms with Crippen molar-refractivity contribution in [3.63, 3.8) is 0 Å². The van der Waals surface area contributed by atoms with Crippen LogP contribution in [0, 0.1) is 0 Å². The first-order valence-corrected chi connectivity index (χ1v) is 9.58. The summed E-state index contributed by atoms with van der Waals surface area (Å²) < 4.78 is 2.05. The van der Waals surface area contributed by atoms with Gasteiger partial charge in [0.2, 0.25) is 5.91 Å². The molecule has 0 aliphatic carbocycles. The summed E-state index contributed by atoms with van der Waals surface area (Å²) in [5.41, 5.74) is 4.91. The summed E-state index contributed by atoms with van der Waals surface area (Å²) in [6.45, 7) is 3.30. The standard InChI is InChI=1S/C24H23N3O/c1-2-26(17-19-10-5-3-6-11-19)23(28)16-21-18-27-15-9-14-22(27)24(25-21)20-12-7-4-8-13-20/h3-15,18H,2,16-17H2,1H3. The van der Waals surface area contributed by atoms with Gasteiger partial charge in [-0.1, -0.05) is 60.7 Å². The Morgan fingerprint density at radius 2 is 1.68 bits per heavy atom. The molecular formula is C24H23N3O. The largest absolute Gasteiger partial charge is 0.338 e. The fraction of sp³-hybridized carbons (Fsp3) is 0.167. The van der Waals surface area contributed by atoms with E-state index in [-0.39, 0.29) is 12.3 Å². The van der Waals surface area contributed by atoms with Crippen molar-refractivity contribution in [1.29, 1.82) is 0 Å². The monoisotopic (exact) mass is 369 g/mol. The number of carbonyl (C=O) groups is 1. The van der Waals surface area contributed by atoms with Crippen LogP contribution in [0.2, 0.25) is 0 Å². The maximum Gasteiger partial charge on any atom is 0.228 e. The first kappa shape index (κ1) is 18.0. The molecule has 4 rings (SSSR count). The van der Waals surface area contributed by atoms with Gasteiger partial charge in [0.1, 0.15) is 0 Å². The van der Waals surface area contributed by atoms with Crippen LogP contribution >= 0.6 is 0 Å². The van der Waals surface area contributed by atoms with E-state index in [1.807, 2.05) is 83.2 Å². The van der Waals surface area contributed by atoms with Crippen LogP contribution in [0.5, 0.6) is 0 Å². The third-order valence-electron chi connectivity index (χ3n) is 4.90. The molecule has 0 saturated heterocycles. The first-order valence-electron chi connectivity index (χ1n) is 9.58. The molecule has 2 heterocycles. The molecule has 0 aliphatic heterocycles. The maximum absolute atomic E-state index is 12.9. The van der Waals surface area contributed by atoms with Crippen molar-refractivity contribution in [2.45, 2.75) is 19.9 Å². The number of nitrogens with zero attached hydrogens (tertiary/aromatic N) is 3. The number of rotatable bonds is 6. The van der Waals surface area contributed by atoms with Gasteiger partial charge in [-0.2, -0.15) is 0 Å². The normalized spacial score (nSPS) is 10.9. The molecule has 0 N–H and O–H groups in total. The average molecular weight is 369 g/mol. The van der Waals surface area contributed by atoms with Gasteiger partial charge in [0.05, 0.1) is 23.3 Å². The van der Waals surface area contributed by atoms with Crippen molar-refractivity contribution in [2.24, 2.45) is 0 Å². The molecule has 1 amide bonds. The smallest absolute Gasteiger partial charge is 0.228 e. The van der Waals surface area contributed by atoms with Crippen molar-refractivity contribution >= 4 is 11.4 Å². The minimum absolute atomic E-state index is 0.0874. The van der Waals surface area contributed by atoms with Crippen LogP contribution in [-0.2, 0) is 17.8 Å². The summed E-state index contributed by atoms with van der Waals surface area (Å²) in [4.78, 5) is 19.7. The van der Waals surface area contributed by atoms with Crippen LogP contribution in [0.3, 0.4) is 0 Å². The zero-order valence-corrected chi connectivity index (χ0v) is 16.0. The van der Waals surface area contributed by atoms with Crippen LogP contribution in [0.15, 0.2) is 85.2 Å². The van der Waals surface area contributed by atoms with Crippen molar-refractivity contribution in [3.8, 4) is 11.3 Å². The van der Waals surface area contributed by atoms with E-state index in [0.29, 0.717) is 13.1 Å². The van der Waals surface area contributed by atoms with E-state index >= 15 is 0 Å². The molecule has 4 aromatic rings. The summed E-state index contributed by atoms with van der Waals surface area (Å²) in [6.07, 6.45) is 4.24. The lowest BCUT2D eigenvalue weighted by molar-refractivity contribution is -0.130. The Kier molecular flexibility index (Phi) is 5.20. The van der Waals surface area contributed by atoms with Crippen LogP contribution in [-0.4, -0.2) is 26.7 Å². The Labute approximate surface area is 165 Å². The van der Waals surface area contributed by atoms with Crippen LogP contribution in [0.4, 0.5) is 0 Å². The van der Waals surface area contributed by atoms with Crippen LogP contribution in [0.25, 0.3) is 16.8 Å². The summed E-state index contributed by atoms with van der Waals surface area (Å²) >= 11 is 0. The fourth-order valence-corrected chi connectivity index (χ4v) is 3.44. The van der Waals surface area contributed by atoms with Gasteiger partial charge in [0.25, 0.3) is 0 Å². The molecule has 0 unspecified atom stereocenters. The Morgan fingerprint density at radius 1 is 0.964 bits per heavy atom. The molecule has 0 aliphatic rings. The van der Waals surface area contributed by atoms with Gasteiger partial charge < -0.3 is 9.30 Å². The Morgan fingerprint density at radius 3 is 2.39 bits per heavy atom. The number of amides is 1. The zero-order chi connectivity index (χ0) is 19.3. The van der Waals surface area contributed by atoms with Crippen LogP contribution < -0.4 is 0 Å². The second kappa shape index (κ2) is 8.09. The van der Waals surface area contributed by atoms with Gasteiger partial charge in [0.15, 0.2) is 0 Å². The molecule has 2 aromatic heterocycles. The van der Waals surface area contributed by atoms with Gasteiger partial charge in [0, 0.05) is 31.0 Å². The Balaban J connectivity index is 1.61.